The normalized spacial score (nSPS) is 11.2. The van der Waals surface area contributed by atoms with Crippen LogP contribution < -0.4 is 10.6 Å². The van der Waals surface area contributed by atoms with E-state index in [1.165, 1.54) is 25.7 Å². The van der Waals surface area contributed by atoms with Gasteiger partial charge in [-0.2, -0.15) is 0 Å². The molecule has 25 heavy (non-hydrogen) atoms. The number of rotatable bonds is 13. The number of aliphatic imine (C=N–C) groups is 1. The van der Waals surface area contributed by atoms with Crippen LogP contribution in [0.2, 0.25) is 0 Å². The summed E-state index contributed by atoms with van der Waals surface area (Å²) in [5, 5.41) is 14.9. The monoisotopic (exact) mass is 466 g/mol. The minimum atomic E-state index is 0. The summed E-state index contributed by atoms with van der Waals surface area (Å²) in [4.78, 5) is 4.61. The molecule has 8 heteroatoms. The van der Waals surface area contributed by atoms with Gasteiger partial charge in [0.25, 0.3) is 0 Å². The summed E-state index contributed by atoms with van der Waals surface area (Å²) in [6.45, 7) is 8.43. The van der Waals surface area contributed by atoms with Crippen LogP contribution in [0.4, 0.5) is 0 Å². The Balaban J connectivity index is 0.00000576. The topological polar surface area (TPSA) is 76.4 Å². The third-order valence-electron chi connectivity index (χ3n) is 3.76. The van der Waals surface area contributed by atoms with Crippen LogP contribution >= 0.6 is 24.0 Å². The molecule has 2 N–H and O–H groups in total. The molecule has 0 aliphatic carbocycles. The van der Waals surface area contributed by atoms with E-state index < -0.39 is 0 Å². The number of aryl methyl sites for hydroxylation is 1. The first-order chi connectivity index (χ1) is 11.8. The summed E-state index contributed by atoms with van der Waals surface area (Å²) in [6.07, 6.45) is 8.61. The predicted molar refractivity (Wildman–Crippen MR) is 114 cm³/mol. The zero-order chi connectivity index (χ0) is 17.5. The van der Waals surface area contributed by atoms with Crippen molar-refractivity contribution in [3.63, 3.8) is 0 Å². The van der Waals surface area contributed by atoms with Crippen molar-refractivity contribution in [3.8, 4) is 0 Å². The SMILES string of the molecule is CCCCCCNC(=NCCCOC)NCCn1cnnc1CC.I. The quantitative estimate of drug-likeness (QED) is 0.202. The van der Waals surface area contributed by atoms with Crippen LogP contribution in [0.15, 0.2) is 11.3 Å². The second-order valence-electron chi connectivity index (χ2n) is 5.79. The molecule has 0 aliphatic heterocycles. The van der Waals surface area contributed by atoms with Crippen molar-refractivity contribution in [2.24, 2.45) is 4.99 Å². The van der Waals surface area contributed by atoms with Crippen LogP contribution in [-0.2, 0) is 17.7 Å². The van der Waals surface area contributed by atoms with Crippen molar-refractivity contribution in [1.82, 2.24) is 25.4 Å². The molecule has 0 radical (unpaired) electrons. The summed E-state index contributed by atoms with van der Waals surface area (Å²) in [6, 6.07) is 0. The number of hydrogen-bond donors (Lipinski definition) is 2. The van der Waals surface area contributed by atoms with Gasteiger partial charge in [-0.3, -0.25) is 4.99 Å². The minimum Gasteiger partial charge on any atom is -0.385 e. The van der Waals surface area contributed by atoms with E-state index in [4.69, 9.17) is 4.74 Å². The van der Waals surface area contributed by atoms with Gasteiger partial charge in [0.2, 0.25) is 0 Å². The van der Waals surface area contributed by atoms with E-state index in [1.54, 1.807) is 13.4 Å². The lowest BCUT2D eigenvalue weighted by Gasteiger charge is -2.13. The van der Waals surface area contributed by atoms with Crippen molar-refractivity contribution in [3.05, 3.63) is 12.2 Å². The maximum Gasteiger partial charge on any atom is 0.191 e. The summed E-state index contributed by atoms with van der Waals surface area (Å²) in [5.74, 6) is 1.90. The highest BCUT2D eigenvalue weighted by molar-refractivity contribution is 14.0. The molecular weight excluding hydrogens is 431 g/mol. The summed E-state index contributed by atoms with van der Waals surface area (Å²) in [7, 11) is 1.72. The molecule has 0 fully saturated rings. The highest BCUT2D eigenvalue weighted by Crippen LogP contribution is 1.97. The molecule has 0 atom stereocenters. The van der Waals surface area contributed by atoms with Gasteiger partial charge in [0.05, 0.1) is 0 Å². The average molecular weight is 466 g/mol. The first-order valence-corrected chi connectivity index (χ1v) is 9.19. The number of methoxy groups -OCH3 is 1. The molecule has 1 aromatic heterocycles. The van der Waals surface area contributed by atoms with E-state index in [0.29, 0.717) is 0 Å². The summed E-state index contributed by atoms with van der Waals surface area (Å²) < 4.78 is 7.16. The third kappa shape index (κ3) is 11.4. The van der Waals surface area contributed by atoms with Gasteiger partial charge in [-0.1, -0.05) is 33.1 Å². The number of guanidine groups is 1. The Morgan fingerprint density at radius 2 is 1.96 bits per heavy atom. The first kappa shape index (κ1) is 24.1. The highest BCUT2D eigenvalue weighted by Gasteiger charge is 2.02. The number of unbranched alkanes of at least 4 members (excludes halogenated alkanes) is 3. The zero-order valence-electron chi connectivity index (χ0n) is 16.0. The van der Waals surface area contributed by atoms with Gasteiger partial charge in [-0.25, -0.2) is 0 Å². The molecule has 0 saturated carbocycles. The van der Waals surface area contributed by atoms with Crippen LogP contribution in [0.1, 0.15) is 51.8 Å². The second-order valence-corrected chi connectivity index (χ2v) is 5.79. The lowest BCUT2D eigenvalue weighted by molar-refractivity contribution is 0.197. The fraction of sp³-hybridized carbons (Fsp3) is 0.824. The second kappa shape index (κ2) is 16.6. The van der Waals surface area contributed by atoms with Crippen molar-refractivity contribution in [2.45, 2.75) is 58.9 Å². The van der Waals surface area contributed by atoms with Crippen LogP contribution in [0, 0.1) is 0 Å². The lowest BCUT2D eigenvalue weighted by Crippen LogP contribution is -2.39. The van der Waals surface area contributed by atoms with Gasteiger partial charge in [-0.15, -0.1) is 34.2 Å². The zero-order valence-corrected chi connectivity index (χ0v) is 18.3. The van der Waals surface area contributed by atoms with E-state index in [0.717, 1.165) is 57.4 Å². The Morgan fingerprint density at radius 1 is 1.16 bits per heavy atom. The molecule has 7 nitrogen and oxygen atoms in total. The van der Waals surface area contributed by atoms with Gasteiger partial charge < -0.3 is 19.9 Å². The molecule has 0 aromatic carbocycles. The molecule has 0 amide bonds. The lowest BCUT2D eigenvalue weighted by atomic mass is 10.2. The maximum atomic E-state index is 5.08. The van der Waals surface area contributed by atoms with Crippen molar-refractivity contribution < 1.29 is 4.74 Å². The Bertz CT molecular complexity index is 452. The fourth-order valence-corrected chi connectivity index (χ4v) is 2.37. The Kier molecular flexibility index (Phi) is 16.0. The Labute approximate surface area is 169 Å². The number of nitrogens with one attached hydrogen (secondary N) is 2. The average Bonchev–Trinajstić information content (AvgIpc) is 3.05. The highest BCUT2D eigenvalue weighted by atomic mass is 127. The molecule has 1 aromatic rings. The number of hydrogen-bond acceptors (Lipinski definition) is 4. The van der Waals surface area contributed by atoms with E-state index in [-0.39, 0.29) is 24.0 Å². The summed E-state index contributed by atoms with van der Waals surface area (Å²) in [5.41, 5.74) is 0. The van der Waals surface area contributed by atoms with E-state index >= 15 is 0 Å². The Hall–Kier alpha value is -0.900. The fourth-order valence-electron chi connectivity index (χ4n) is 2.37. The smallest absolute Gasteiger partial charge is 0.191 e. The molecule has 146 valence electrons. The number of halogens is 1. The standard InChI is InChI=1S/C17H34N6O.HI/c1-4-6-7-8-10-18-17(19-11-9-14-24-3)20-12-13-23-15-21-22-16(23)5-2;/h15H,4-14H2,1-3H3,(H2,18,19,20);1H. The van der Waals surface area contributed by atoms with E-state index in [9.17, 15) is 0 Å². The van der Waals surface area contributed by atoms with Gasteiger partial charge in [0.15, 0.2) is 5.96 Å². The van der Waals surface area contributed by atoms with Gasteiger partial charge >= 0.3 is 0 Å². The van der Waals surface area contributed by atoms with Crippen LogP contribution in [0.3, 0.4) is 0 Å². The molecule has 0 unspecified atom stereocenters. The first-order valence-electron chi connectivity index (χ1n) is 9.19. The van der Waals surface area contributed by atoms with Gasteiger partial charge in [-0.05, 0) is 12.8 Å². The van der Waals surface area contributed by atoms with Crippen molar-refractivity contribution >= 4 is 29.9 Å². The van der Waals surface area contributed by atoms with E-state index in [1.807, 2.05) is 0 Å². The summed E-state index contributed by atoms with van der Waals surface area (Å²) >= 11 is 0. The minimum absolute atomic E-state index is 0. The number of nitrogens with zero attached hydrogens (tertiary/aromatic N) is 4. The van der Waals surface area contributed by atoms with Crippen LogP contribution in [0.25, 0.3) is 0 Å². The molecule has 1 rings (SSSR count). The predicted octanol–water partition coefficient (Wildman–Crippen LogP) is 2.61. The largest absolute Gasteiger partial charge is 0.385 e. The molecule has 0 saturated heterocycles. The molecule has 0 bridgehead atoms. The van der Waals surface area contributed by atoms with Crippen molar-refractivity contribution in [1.29, 1.82) is 0 Å². The Morgan fingerprint density at radius 3 is 2.68 bits per heavy atom. The van der Waals surface area contributed by atoms with Crippen LogP contribution in [0.5, 0.6) is 0 Å². The molecule has 0 aliphatic rings. The maximum absolute atomic E-state index is 5.08. The van der Waals surface area contributed by atoms with E-state index in [2.05, 4.69) is 44.2 Å². The van der Waals surface area contributed by atoms with Crippen molar-refractivity contribution in [2.75, 3.05) is 33.4 Å². The van der Waals surface area contributed by atoms with Gasteiger partial charge in [0.1, 0.15) is 12.2 Å². The third-order valence-corrected chi connectivity index (χ3v) is 3.76. The molecule has 0 spiro atoms. The van der Waals surface area contributed by atoms with Crippen LogP contribution in [-0.4, -0.2) is 54.1 Å². The molecule has 1 heterocycles. The number of ether oxygens (including phenoxy) is 1. The van der Waals surface area contributed by atoms with Gasteiger partial charge in [0, 0.05) is 46.3 Å². The number of aromatic nitrogens is 3. The molecular formula is C17H35IN6O.